The maximum Gasteiger partial charge on any atom is 0.358 e. The summed E-state index contributed by atoms with van der Waals surface area (Å²) in [7, 11) is 0. The number of aromatic nitrogens is 5. The second-order valence-corrected chi connectivity index (χ2v) is 6.61. The summed E-state index contributed by atoms with van der Waals surface area (Å²) in [6.07, 6.45) is 3.33. The van der Waals surface area contributed by atoms with E-state index in [9.17, 15) is 9.59 Å². The minimum atomic E-state index is -0.555. The van der Waals surface area contributed by atoms with E-state index in [1.807, 2.05) is 24.3 Å². The topological polar surface area (TPSA) is 83.4 Å². The molecule has 9 heteroatoms. The summed E-state index contributed by atoms with van der Waals surface area (Å²) >= 11 is 3.40. The van der Waals surface area contributed by atoms with E-state index in [0.717, 1.165) is 10.2 Å². The molecule has 136 valence electrons. The Bertz CT molecular complexity index is 1180. The van der Waals surface area contributed by atoms with Crippen LogP contribution >= 0.6 is 15.9 Å². The van der Waals surface area contributed by atoms with Crippen LogP contribution in [0.4, 0.5) is 0 Å². The average Bonchev–Trinajstić information content (AvgIpc) is 3.28. The van der Waals surface area contributed by atoms with Gasteiger partial charge in [0, 0.05) is 16.9 Å². The molecule has 27 heavy (non-hydrogen) atoms. The first-order valence-electron chi connectivity index (χ1n) is 8.15. The van der Waals surface area contributed by atoms with Crippen molar-refractivity contribution in [1.29, 1.82) is 0 Å². The molecule has 4 rings (SSSR count). The first-order chi connectivity index (χ1) is 13.1. The van der Waals surface area contributed by atoms with E-state index in [1.165, 1.54) is 9.08 Å². The van der Waals surface area contributed by atoms with Gasteiger partial charge in [-0.05, 0) is 36.4 Å². The number of benzene rings is 1. The van der Waals surface area contributed by atoms with Crippen LogP contribution in [0, 0.1) is 0 Å². The van der Waals surface area contributed by atoms with Crippen LogP contribution in [0.15, 0.2) is 70.2 Å². The second kappa shape index (κ2) is 7.20. The molecule has 0 saturated carbocycles. The number of halogens is 1. The molecule has 4 aromatic rings. The third kappa shape index (κ3) is 3.54. The van der Waals surface area contributed by atoms with Gasteiger partial charge in [0.2, 0.25) is 0 Å². The number of esters is 1. The van der Waals surface area contributed by atoms with Gasteiger partial charge in [-0.2, -0.15) is 5.10 Å². The maximum atomic E-state index is 12.2. The van der Waals surface area contributed by atoms with E-state index in [4.69, 9.17) is 4.74 Å². The van der Waals surface area contributed by atoms with Crippen molar-refractivity contribution in [2.75, 3.05) is 6.61 Å². The van der Waals surface area contributed by atoms with E-state index in [2.05, 4.69) is 26.1 Å². The molecule has 0 aliphatic rings. The molecule has 1 aromatic carbocycles. The van der Waals surface area contributed by atoms with Crippen molar-refractivity contribution < 1.29 is 9.53 Å². The van der Waals surface area contributed by atoms with E-state index in [-0.39, 0.29) is 24.5 Å². The number of nitrogens with zero attached hydrogens (tertiary/aromatic N) is 5. The highest BCUT2D eigenvalue weighted by Gasteiger charge is 2.13. The van der Waals surface area contributed by atoms with Crippen molar-refractivity contribution in [2.45, 2.75) is 6.54 Å². The fraction of sp³-hybridized carbons (Fsp3) is 0.111. The quantitative estimate of drug-likeness (QED) is 0.456. The van der Waals surface area contributed by atoms with Crippen LogP contribution in [0.1, 0.15) is 10.5 Å². The first-order valence-corrected chi connectivity index (χ1v) is 8.94. The number of carbonyl (C=O) groups excluding carboxylic acids is 1. The Morgan fingerprint density at radius 2 is 1.96 bits per heavy atom. The Hall–Kier alpha value is -3.20. The van der Waals surface area contributed by atoms with Crippen molar-refractivity contribution in [1.82, 2.24) is 24.0 Å². The number of rotatable bonds is 5. The monoisotopic (exact) mass is 427 g/mol. The Morgan fingerprint density at radius 3 is 2.78 bits per heavy atom. The van der Waals surface area contributed by atoms with Crippen molar-refractivity contribution in [3.63, 3.8) is 0 Å². The third-order valence-electron chi connectivity index (χ3n) is 3.90. The molecule has 0 spiro atoms. The van der Waals surface area contributed by atoms with Crippen LogP contribution in [0.5, 0.6) is 0 Å². The van der Waals surface area contributed by atoms with E-state index in [0.29, 0.717) is 5.65 Å². The molecule has 0 radical (unpaired) electrons. The summed E-state index contributed by atoms with van der Waals surface area (Å²) in [5.74, 6) is -0.555. The van der Waals surface area contributed by atoms with Crippen molar-refractivity contribution >= 4 is 27.5 Å². The molecular formula is C18H14BrN5O3. The summed E-state index contributed by atoms with van der Waals surface area (Å²) in [6.45, 7) is 0.185. The van der Waals surface area contributed by atoms with Crippen LogP contribution in [0.25, 0.3) is 11.3 Å². The van der Waals surface area contributed by atoms with Crippen LogP contribution in [-0.2, 0) is 11.3 Å². The summed E-state index contributed by atoms with van der Waals surface area (Å²) in [6, 6.07) is 14.4. The Kier molecular flexibility index (Phi) is 4.59. The van der Waals surface area contributed by atoms with Gasteiger partial charge in [-0.15, -0.1) is 5.10 Å². The lowest BCUT2D eigenvalue weighted by atomic mass is 10.3. The number of ether oxygens (including phenoxy) is 1. The fourth-order valence-corrected chi connectivity index (χ4v) is 2.99. The van der Waals surface area contributed by atoms with Crippen LogP contribution in [0.3, 0.4) is 0 Å². The minimum Gasteiger partial charge on any atom is -0.459 e. The van der Waals surface area contributed by atoms with Gasteiger partial charge in [0.25, 0.3) is 0 Å². The summed E-state index contributed by atoms with van der Waals surface area (Å²) < 4.78 is 10.4. The molecule has 0 N–H and O–H groups in total. The highest BCUT2D eigenvalue weighted by Crippen LogP contribution is 2.15. The predicted molar refractivity (Wildman–Crippen MR) is 101 cm³/mol. The molecule has 0 aliphatic heterocycles. The minimum absolute atomic E-state index is 0.0202. The molecule has 0 bridgehead atoms. The van der Waals surface area contributed by atoms with Crippen LogP contribution in [0.2, 0.25) is 0 Å². The third-order valence-corrected chi connectivity index (χ3v) is 4.39. The van der Waals surface area contributed by atoms with Gasteiger partial charge in [-0.1, -0.05) is 28.1 Å². The number of pyridine rings is 1. The highest BCUT2D eigenvalue weighted by atomic mass is 79.9. The normalized spacial score (nSPS) is 11.0. The number of fused-ring (bicyclic) bond motifs is 1. The van der Waals surface area contributed by atoms with Crippen molar-refractivity contribution in [3.8, 4) is 5.69 Å². The maximum absolute atomic E-state index is 12.2. The fourth-order valence-electron chi connectivity index (χ4n) is 2.61. The summed E-state index contributed by atoms with van der Waals surface area (Å²) in [5.41, 5.74) is 1.28. The van der Waals surface area contributed by atoms with E-state index >= 15 is 0 Å². The standard InChI is InChI=1S/C18H14BrN5O3/c19-13-4-3-5-14(12-13)23-9-7-15(20-23)17(25)27-11-10-24-18(26)22-8-2-1-6-16(22)21-24/h1-9,12H,10-11H2. The zero-order valence-electron chi connectivity index (χ0n) is 14.0. The molecule has 0 fully saturated rings. The lowest BCUT2D eigenvalue weighted by Crippen LogP contribution is -2.24. The summed E-state index contributed by atoms with van der Waals surface area (Å²) in [4.78, 5) is 24.3. The lowest BCUT2D eigenvalue weighted by molar-refractivity contribution is 0.0479. The number of carbonyl (C=O) groups is 1. The van der Waals surface area contributed by atoms with Gasteiger partial charge in [0.1, 0.15) is 6.61 Å². The zero-order chi connectivity index (χ0) is 18.8. The average molecular weight is 428 g/mol. The molecule has 8 nitrogen and oxygen atoms in total. The smallest absolute Gasteiger partial charge is 0.358 e. The predicted octanol–water partition coefficient (Wildman–Crippen LogP) is 2.30. The zero-order valence-corrected chi connectivity index (χ0v) is 15.6. The molecule has 0 amide bonds. The summed E-state index contributed by atoms with van der Waals surface area (Å²) in [5, 5.41) is 8.42. The van der Waals surface area contributed by atoms with Crippen LogP contribution in [-0.4, -0.2) is 36.5 Å². The molecule has 0 saturated heterocycles. The molecular weight excluding hydrogens is 414 g/mol. The van der Waals surface area contributed by atoms with Gasteiger partial charge in [0.15, 0.2) is 11.3 Å². The van der Waals surface area contributed by atoms with E-state index < -0.39 is 5.97 Å². The van der Waals surface area contributed by atoms with Gasteiger partial charge >= 0.3 is 11.7 Å². The Balaban J connectivity index is 1.41. The lowest BCUT2D eigenvalue weighted by Gasteiger charge is -2.03. The first kappa shape index (κ1) is 17.2. The number of hydrogen-bond acceptors (Lipinski definition) is 5. The van der Waals surface area contributed by atoms with Gasteiger partial charge in [-0.3, -0.25) is 4.40 Å². The Labute approximate surface area is 161 Å². The highest BCUT2D eigenvalue weighted by molar-refractivity contribution is 9.10. The van der Waals surface area contributed by atoms with Gasteiger partial charge < -0.3 is 4.74 Å². The SMILES string of the molecule is O=C(OCCn1nc2ccccn2c1=O)c1ccn(-c2cccc(Br)c2)n1. The van der Waals surface area contributed by atoms with Gasteiger partial charge in [-0.25, -0.2) is 19.0 Å². The molecule has 0 atom stereocenters. The van der Waals surface area contributed by atoms with Gasteiger partial charge in [0.05, 0.1) is 12.2 Å². The second-order valence-electron chi connectivity index (χ2n) is 5.70. The molecule has 0 aliphatic carbocycles. The molecule has 0 unspecified atom stereocenters. The largest absolute Gasteiger partial charge is 0.459 e. The molecule has 3 heterocycles. The van der Waals surface area contributed by atoms with Crippen LogP contribution < -0.4 is 5.69 Å². The molecule has 3 aromatic heterocycles. The number of hydrogen-bond donors (Lipinski definition) is 0. The van der Waals surface area contributed by atoms with Crippen molar-refractivity contribution in [2.24, 2.45) is 0 Å². The van der Waals surface area contributed by atoms with Crippen molar-refractivity contribution in [3.05, 3.63) is 81.6 Å². The Morgan fingerprint density at radius 1 is 1.07 bits per heavy atom. The van der Waals surface area contributed by atoms with E-state index in [1.54, 1.807) is 41.3 Å².